The van der Waals surface area contributed by atoms with Crippen LogP contribution in [0.5, 0.6) is 0 Å². The van der Waals surface area contributed by atoms with Gasteiger partial charge in [-0.1, -0.05) is 6.92 Å². The summed E-state index contributed by atoms with van der Waals surface area (Å²) >= 11 is 0.976. The Bertz CT molecular complexity index is 722. The second kappa shape index (κ2) is 7.03. The molecule has 22 heavy (non-hydrogen) atoms. The van der Waals surface area contributed by atoms with Crippen molar-refractivity contribution in [2.45, 2.75) is 24.1 Å². The predicted octanol–water partition coefficient (Wildman–Crippen LogP) is 1.19. The van der Waals surface area contributed by atoms with E-state index in [0.717, 1.165) is 11.3 Å². The van der Waals surface area contributed by atoms with Crippen LogP contribution < -0.4 is 4.72 Å². The highest BCUT2D eigenvalue weighted by Gasteiger charge is 2.18. The minimum Gasteiger partial charge on any atom is -0.481 e. The van der Waals surface area contributed by atoms with E-state index in [4.69, 9.17) is 5.11 Å². The van der Waals surface area contributed by atoms with E-state index in [1.54, 1.807) is 10.9 Å². The molecule has 0 bridgehead atoms. The fourth-order valence-corrected chi connectivity index (χ4v) is 4.42. The van der Waals surface area contributed by atoms with Crippen molar-refractivity contribution >= 4 is 27.3 Å². The van der Waals surface area contributed by atoms with Gasteiger partial charge in [0, 0.05) is 30.4 Å². The highest BCUT2D eigenvalue weighted by molar-refractivity contribution is 7.91. The number of hydrogen-bond donors (Lipinski definition) is 2. The van der Waals surface area contributed by atoms with Crippen molar-refractivity contribution in [1.29, 1.82) is 0 Å². The van der Waals surface area contributed by atoms with E-state index < -0.39 is 16.0 Å². The van der Waals surface area contributed by atoms with Gasteiger partial charge in [-0.3, -0.25) is 9.48 Å². The number of thiophene rings is 1. The number of carboxylic acids is 1. The van der Waals surface area contributed by atoms with Crippen molar-refractivity contribution in [3.8, 4) is 0 Å². The van der Waals surface area contributed by atoms with Crippen molar-refractivity contribution in [1.82, 2.24) is 14.5 Å². The zero-order chi connectivity index (χ0) is 16.2. The second-order valence-electron chi connectivity index (χ2n) is 4.98. The van der Waals surface area contributed by atoms with E-state index in [0.29, 0.717) is 11.4 Å². The lowest BCUT2D eigenvalue weighted by molar-refractivity contribution is -0.136. The van der Waals surface area contributed by atoms with Crippen LogP contribution in [0.15, 0.2) is 34.8 Å². The molecular weight excluding hydrogens is 326 g/mol. The van der Waals surface area contributed by atoms with Crippen LogP contribution in [0, 0.1) is 5.92 Å². The van der Waals surface area contributed by atoms with Crippen molar-refractivity contribution < 1.29 is 18.3 Å². The van der Waals surface area contributed by atoms with E-state index in [1.165, 1.54) is 12.1 Å². The fraction of sp³-hybridized carbons (Fsp3) is 0.385. The Labute approximate surface area is 132 Å². The molecule has 0 aromatic carbocycles. The van der Waals surface area contributed by atoms with E-state index >= 15 is 0 Å². The number of rotatable bonds is 8. The summed E-state index contributed by atoms with van der Waals surface area (Å²) in [6.07, 6.45) is 3.32. The molecular formula is C13H17N3O4S2. The van der Waals surface area contributed by atoms with Crippen LogP contribution in [-0.4, -0.2) is 35.8 Å². The number of aliphatic carboxylic acids is 1. The smallest absolute Gasteiger partial charge is 0.308 e. The molecule has 1 unspecified atom stereocenters. The molecule has 0 fully saturated rings. The Hall–Kier alpha value is -1.71. The van der Waals surface area contributed by atoms with Gasteiger partial charge in [-0.15, -0.1) is 11.3 Å². The highest BCUT2D eigenvalue weighted by atomic mass is 32.2. The van der Waals surface area contributed by atoms with Gasteiger partial charge >= 0.3 is 5.97 Å². The van der Waals surface area contributed by atoms with Gasteiger partial charge in [0.15, 0.2) is 0 Å². The van der Waals surface area contributed by atoms with Gasteiger partial charge in [0.2, 0.25) is 10.0 Å². The van der Waals surface area contributed by atoms with Crippen LogP contribution in [0.3, 0.4) is 0 Å². The Morgan fingerprint density at radius 3 is 2.91 bits per heavy atom. The first-order chi connectivity index (χ1) is 10.4. The normalized spacial score (nSPS) is 13.1. The largest absolute Gasteiger partial charge is 0.481 e. The summed E-state index contributed by atoms with van der Waals surface area (Å²) in [5.74, 6) is -0.903. The third kappa shape index (κ3) is 4.65. The Morgan fingerprint density at radius 2 is 2.27 bits per heavy atom. The maximum Gasteiger partial charge on any atom is 0.308 e. The average molecular weight is 343 g/mol. The van der Waals surface area contributed by atoms with Crippen molar-refractivity contribution in [2.75, 3.05) is 6.54 Å². The van der Waals surface area contributed by atoms with E-state index in [2.05, 4.69) is 9.82 Å². The molecule has 2 rings (SSSR count). The quantitative estimate of drug-likeness (QED) is 0.749. The summed E-state index contributed by atoms with van der Waals surface area (Å²) in [6, 6.07) is 4.77. The first-order valence-corrected chi connectivity index (χ1v) is 8.94. The molecule has 1 atom stereocenters. The predicted molar refractivity (Wildman–Crippen MR) is 82.2 cm³/mol. The summed E-state index contributed by atoms with van der Waals surface area (Å²) in [7, 11) is -3.60. The summed E-state index contributed by atoms with van der Waals surface area (Å²) in [6.45, 7) is 2.83. The molecule has 2 N–H and O–H groups in total. The monoisotopic (exact) mass is 343 g/mol. The van der Waals surface area contributed by atoms with Gasteiger partial charge in [0.05, 0.1) is 6.42 Å². The first-order valence-electron chi connectivity index (χ1n) is 6.64. The van der Waals surface area contributed by atoms with Crippen LogP contribution in [0.2, 0.25) is 0 Å². The third-order valence-electron chi connectivity index (χ3n) is 2.91. The SMILES string of the molecule is CC(CNS(=O)(=O)c1ccc(CC(=O)O)s1)Cn1cccn1. The summed E-state index contributed by atoms with van der Waals surface area (Å²) in [5.41, 5.74) is 0. The lowest BCUT2D eigenvalue weighted by Crippen LogP contribution is -2.29. The number of carbonyl (C=O) groups is 1. The number of nitrogens with zero attached hydrogens (tertiary/aromatic N) is 2. The molecule has 9 heteroatoms. The van der Waals surface area contributed by atoms with Crippen LogP contribution in [-0.2, 0) is 27.8 Å². The van der Waals surface area contributed by atoms with Gasteiger partial charge < -0.3 is 5.11 Å². The molecule has 120 valence electrons. The Kier molecular flexibility index (Phi) is 5.33. The number of nitrogens with one attached hydrogen (secondary N) is 1. The zero-order valence-corrected chi connectivity index (χ0v) is 13.6. The summed E-state index contributed by atoms with van der Waals surface area (Å²) in [4.78, 5) is 11.1. The second-order valence-corrected chi connectivity index (χ2v) is 8.14. The number of carboxylic acid groups (broad SMARTS) is 1. The molecule has 0 saturated carbocycles. The molecule has 2 heterocycles. The molecule has 0 spiro atoms. The van der Waals surface area contributed by atoms with Gasteiger partial charge in [-0.25, -0.2) is 13.1 Å². The highest BCUT2D eigenvalue weighted by Crippen LogP contribution is 2.22. The maximum absolute atomic E-state index is 12.2. The minimum absolute atomic E-state index is 0.0770. The van der Waals surface area contributed by atoms with Crippen LogP contribution in [0.1, 0.15) is 11.8 Å². The Balaban J connectivity index is 1.93. The van der Waals surface area contributed by atoms with Crippen molar-refractivity contribution in [2.24, 2.45) is 5.92 Å². The molecule has 2 aromatic rings. The van der Waals surface area contributed by atoms with E-state index in [1.807, 2.05) is 19.2 Å². The molecule has 0 aliphatic rings. The van der Waals surface area contributed by atoms with Crippen molar-refractivity contribution in [3.63, 3.8) is 0 Å². The van der Waals surface area contributed by atoms with Gasteiger partial charge in [0.25, 0.3) is 0 Å². The van der Waals surface area contributed by atoms with Crippen LogP contribution >= 0.6 is 11.3 Å². The van der Waals surface area contributed by atoms with Gasteiger partial charge in [-0.2, -0.15) is 5.10 Å². The minimum atomic E-state index is -3.60. The zero-order valence-electron chi connectivity index (χ0n) is 12.0. The molecule has 0 saturated heterocycles. The lowest BCUT2D eigenvalue weighted by Gasteiger charge is -2.12. The van der Waals surface area contributed by atoms with Gasteiger partial charge in [-0.05, 0) is 24.1 Å². The molecule has 2 aromatic heterocycles. The topological polar surface area (TPSA) is 101 Å². The average Bonchev–Trinajstić information content (AvgIpc) is 3.08. The van der Waals surface area contributed by atoms with Gasteiger partial charge in [0.1, 0.15) is 4.21 Å². The number of sulfonamides is 1. The molecule has 0 radical (unpaired) electrons. The van der Waals surface area contributed by atoms with Crippen LogP contribution in [0.4, 0.5) is 0 Å². The molecule has 0 amide bonds. The van der Waals surface area contributed by atoms with Crippen LogP contribution in [0.25, 0.3) is 0 Å². The number of hydrogen-bond acceptors (Lipinski definition) is 5. The first kappa shape index (κ1) is 16.7. The van der Waals surface area contributed by atoms with E-state index in [9.17, 15) is 13.2 Å². The molecule has 0 aliphatic heterocycles. The fourth-order valence-electron chi connectivity index (χ4n) is 1.86. The van der Waals surface area contributed by atoms with Crippen molar-refractivity contribution in [3.05, 3.63) is 35.5 Å². The number of aromatic nitrogens is 2. The van der Waals surface area contributed by atoms with E-state index in [-0.39, 0.29) is 23.1 Å². The summed E-state index contributed by atoms with van der Waals surface area (Å²) < 4.78 is 28.8. The molecule has 0 aliphatic carbocycles. The standard InChI is InChI=1S/C13H17N3O4S2/c1-10(9-16-6-2-5-14-16)8-15-22(19,20)13-4-3-11(21-13)7-12(17)18/h2-6,10,15H,7-9H2,1H3,(H,17,18). The molecule has 7 nitrogen and oxygen atoms in total. The Morgan fingerprint density at radius 1 is 1.50 bits per heavy atom. The lowest BCUT2D eigenvalue weighted by atomic mass is 10.2. The maximum atomic E-state index is 12.2. The third-order valence-corrected chi connectivity index (χ3v) is 5.91. The summed E-state index contributed by atoms with van der Waals surface area (Å²) in [5, 5.41) is 12.8.